The van der Waals surface area contributed by atoms with Gasteiger partial charge < -0.3 is 10.6 Å². The van der Waals surface area contributed by atoms with Gasteiger partial charge in [0, 0.05) is 44.0 Å². The van der Waals surface area contributed by atoms with Crippen LogP contribution < -0.4 is 10.6 Å². The summed E-state index contributed by atoms with van der Waals surface area (Å²) in [5.41, 5.74) is 9.21. The summed E-state index contributed by atoms with van der Waals surface area (Å²) in [6, 6.07) is 18.9. The Labute approximate surface area is 137 Å². The van der Waals surface area contributed by atoms with Crippen LogP contribution in [0.5, 0.6) is 0 Å². The summed E-state index contributed by atoms with van der Waals surface area (Å²) in [4.78, 5) is 5.41. The fourth-order valence-electron chi connectivity index (χ4n) is 2.84. The molecule has 2 aromatic carbocycles. The second-order valence-corrected chi connectivity index (χ2v) is 6.10. The summed E-state index contributed by atoms with van der Waals surface area (Å²) in [5, 5.41) is 0. The van der Waals surface area contributed by atoms with Crippen LogP contribution in [0.3, 0.4) is 0 Å². The van der Waals surface area contributed by atoms with Crippen molar-refractivity contribution in [1.82, 2.24) is 4.90 Å². The van der Waals surface area contributed by atoms with Crippen LogP contribution in [0.1, 0.15) is 11.1 Å². The molecule has 2 N–H and O–H groups in total. The van der Waals surface area contributed by atoms with E-state index >= 15 is 0 Å². The van der Waals surface area contributed by atoms with Gasteiger partial charge in [0.2, 0.25) is 0 Å². The maximum atomic E-state index is 5.63. The molecule has 1 aliphatic heterocycles. The van der Waals surface area contributed by atoms with Crippen molar-refractivity contribution in [2.24, 2.45) is 5.73 Å². The second kappa shape index (κ2) is 6.90. The van der Waals surface area contributed by atoms with E-state index in [2.05, 4.69) is 52.3 Å². The maximum Gasteiger partial charge on any atom is 0.103 e. The first kappa shape index (κ1) is 15.0. The molecular weight excluding hydrogens is 290 g/mol. The number of rotatable bonds is 4. The Morgan fingerprint density at radius 2 is 1.55 bits per heavy atom. The van der Waals surface area contributed by atoms with Gasteiger partial charge in [0.15, 0.2) is 0 Å². The van der Waals surface area contributed by atoms with Crippen molar-refractivity contribution >= 4 is 22.9 Å². The Balaban J connectivity index is 1.54. The van der Waals surface area contributed by atoms with Crippen molar-refractivity contribution in [2.45, 2.75) is 6.54 Å². The standard InChI is InChI=1S/C18H21N3S/c19-18(22)16-8-6-15(7-9-16)14-20-10-12-21(13-11-20)17-4-2-1-3-5-17/h1-9H,10-14H2,(H2,19,22). The van der Waals surface area contributed by atoms with Crippen LogP contribution in [-0.4, -0.2) is 36.1 Å². The number of hydrogen-bond donors (Lipinski definition) is 1. The second-order valence-electron chi connectivity index (χ2n) is 5.66. The van der Waals surface area contributed by atoms with Crippen LogP contribution >= 0.6 is 12.2 Å². The normalized spacial score (nSPS) is 15.7. The molecule has 0 unspecified atom stereocenters. The lowest BCUT2D eigenvalue weighted by molar-refractivity contribution is 0.250. The van der Waals surface area contributed by atoms with Gasteiger partial charge in [-0.25, -0.2) is 0 Å². The number of hydrogen-bond acceptors (Lipinski definition) is 3. The zero-order chi connectivity index (χ0) is 15.4. The molecule has 1 fully saturated rings. The monoisotopic (exact) mass is 311 g/mol. The summed E-state index contributed by atoms with van der Waals surface area (Å²) in [5.74, 6) is 0. The third-order valence-electron chi connectivity index (χ3n) is 4.14. The molecule has 3 nitrogen and oxygen atoms in total. The summed E-state index contributed by atoms with van der Waals surface area (Å²) < 4.78 is 0. The fourth-order valence-corrected chi connectivity index (χ4v) is 2.97. The van der Waals surface area contributed by atoms with Crippen LogP contribution in [0.15, 0.2) is 54.6 Å². The van der Waals surface area contributed by atoms with Gasteiger partial charge in [-0.1, -0.05) is 54.7 Å². The molecule has 1 aliphatic rings. The minimum absolute atomic E-state index is 0.461. The van der Waals surface area contributed by atoms with Gasteiger partial charge in [-0.05, 0) is 17.7 Å². The molecule has 3 rings (SSSR count). The molecule has 0 atom stereocenters. The first-order valence-corrected chi connectivity index (χ1v) is 8.04. The molecule has 0 saturated carbocycles. The molecular formula is C18H21N3S. The smallest absolute Gasteiger partial charge is 0.103 e. The number of anilines is 1. The summed E-state index contributed by atoms with van der Waals surface area (Å²) in [6.07, 6.45) is 0. The van der Waals surface area contributed by atoms with Crippen LogP contribution in [0.4, 0.5) is 5.69 Å². The zero-order valence-electron chi connectivity index (χ0n) is 12.6. The third kappa shape index (κ3) is 3.64. The zero-order valence-corrected chi connectivity index (χ0v) is 13.4. The van der Waals surface area contributed by atoms with Gasteiger partial charge in [0.25, 0.3) is 0 Å². The van der Waals surface area contributed by atoms with Crippen LogP contribution in [0.25, 0.3) is 0 Å². The molecule has 1 heterocycles. The average Bonchev–Trinajstić information content (AvgIpc) is 2.57. The summed E-state index contributed by atoms with van der Waals surface area (Å²) in [6.45, 7) is 5.32. The average molecular weight is 311 g/mol. The molecule has 4 heteroatoms. The van der Waals surface area contributed by atoms with E-state index in [0.29, 0.717) is 4.99 Å². The number of piperazine rings is 1. The van der Waals surface area contributed by atoms with Crippen molar-refractivity contribution < 1.29 is 0 Å². The highest BCUT2D eigenvalue weighted by atomic mass is 32.1. The molecule has 1 saturated heterocycles. The molecule has 0 aromatic heterocycles. The van der Waals surface area contributed by atoms with Crippen molar-refractivity contribution in [3.8, 4) is 0 Å². The van der Waals surface area contributed by atoms with Crippen LogP contribution in [0, 0.1) is 0 Å². The lowest BCUT2D eigenvalue weighted by Crippen LogP contribution is -2.45. The first-order chi connectivity index (χ1) is 10.7. The van der Waals surface area contributed by atoms with Gasteiger partial charge in [0.1, 0.15) is 4.99 Å². The topological polar surface area (TPSA) is 32.5 Å². The van der Waals surface area contributed by atoms with E-state index < -0.39 is 0 Å². The molecule has 0 bridgehead atoms. The number of nitrogens with two attached hydrogens (primary N) is 1. The first-order valence-electron chi connectivity index (χ1n) is 7.63. The van der Waals surface area contributed by atoms with Crippen molar-refractivity contribution in [1.29, 1.82) is 0 Å². The Kier molecular flexibility index (Phi) is 4.71. The molecule has 114 valence electrons. The third-order valence-corrected chi connectivity index (χ3v) is 4.37. The minimum Gasteiger partial charge on any atom is -0.389 e. The van der Waals surface area contributed by atoms with E-state index in [1.54, 1.807) is 0 Å². The van der Waals surface area contributed by atoms with Crippen molar-refractivity contribution in [3.63, 3.8) is 0 Å². The number of nitrogens with zero attached hydrogens (tertiary/aromatic N) is 2. The molecule has 0 spiro atoms. The van der Waals surface area contributed by atoms with Gasteiger partial charge in [-0.2, -0.15) is 0 Å². The lowest BCUT2D eigenvalue weighted by Gasteiger charge is -2.36. The quantitative estimate of drug-likeness (QED) is 0.880. The summed E-state index contributed by atoms with van der Waals surface area (Å²) in [7, 11) is 0. The number of benzene rings is 2. The van der Waals surface area contributed by atoms with E-state index in [9.17, 15) is 0 Å². The van der Waals surface area contributed by atoms with E-state index in [0.717, 1.165) is 38.3 Å². The van der Waals surface area contributed by atoms with E-state index in [-0.39, 0.29) is 0 Å². The molecule has 2 aromatic rings. The highest BCUT2D eigenvalue weighted by molar-refractivity contribution is 7.80. The highest BCUT2D eigenvalue weighted by Gasteiger charge is 2.17. The number of para-hydroxylation sites is 1. The highest BCUT2D eigenvalue weighted by Crippen LogP contribution is 2.17. The van der Waals surface area contributed by atoms with Gasteiger partial charge in [-0.3, -0.25) is 4.90 Å². The predicted molar refractivity (Wildman–Crippen MR) is 96.3 cm³/mol. The Morgan fingerprint density at radius 3 is 2.14 bits per heavy atom. The summed E-state index contributed by atoms with van der Waals surface area (Å²) >= 11 is 4.99. The van der Waals surface area contributed by atoms with Gasteiger partial charge in [-0.15, -0.1) is 0 Å². The van der Waals surface area contributed by atoms with Crippen LogP contribution in [0.2, 0.25) is 0 Å². The van der Waals surface area contributed by atoms with E-state index in [4.69, 9.17) is 18.0 Å². The predicted octanol–water partition coefficient (Wildman–Crippen LogP) is 2.64. The molecule has 0 amide bonds. The fraction of sp³-hybridized carbons (Fsp3) is 0.278. The van der Waals surface area contributed by atoms with Crippen molar-refractivity contribution in [3.05, 3.63) is 65.7 Å². The van der Waals surface area contributed by atoms with E-state index in [1.165, 1.54) is 11.3 Å². The van der Waals surface area contributed by atoms with Gasteiger partial charge >= 0.3 is 0 Å². The SMILES string of the molecule is NC(=S)c1ccc(CN2CCN(c3ccccc3)CC2)cc1. The van der Waals surface area contributed by atoms with E-state index in [1.807, 2.05) is 12.1 Å². The Hall–Kier alpha value is -1.91. The molecule has 0 aliphatic carbocycles. The largest absolute Gasteiger partial charge is 0.389 e. The molecule has 22 heavy (non-hydrogen) atoms. The minimum atomic E-state index is 0.461. The molecule has 0 radical (unpaired) electrons. The van der Waals surface area contributed by atoms with Crippen LogP contribution in [-0.2, 0) is 6.54 Å². The lowest BCUT2D eigenvalue weighted by atomic mass is 10.1. The maximum absolute atomic E-state index is 5.63. The Morgan fingerprint density at radius 1 is 0.909 bits per heavy atom. The number of thiocarbonyl (C=S) groups is 1. The Bertz CT molecular complexity index is 617. The van der Waals surface area contributed by atoms with Gasteiger partial charge in [0.05, 0.1) is 0 Å². The van der Waals surface area contributed by atoms with Crippen molar-refractivity contribution in [2.75, 3.05) is 31.1 Å².